The van der Waals surface area contributed by atoms with Crippen molar-refractivity contribution in [2.45, 2.75) is 13.8 Å². The summed E-state index contributed by atoms with van der Waals surface area (Å²) in [4.78, 5) is 23.2. The van der Waals surface area contributed by atoms with Crippen molar-refractivity contribution in [3.63, 3.8) is 0 Å². The van der Waals surface area contributed by atoms with E-state index in [1.54, 1.807) is 12.1 Å². The van der Waals surface area contributed by atoms with Crippen LogP contribution in [0.15, 0.2) is 23.3 Å². The number of anilines is 1. The van der Waals surface area contributed by atoms with Crippen LogP contribution in [-0.4, -0.2) is 29.8 Å². The Morgan fingerprint density at radius 3 is 2.63 bits per heavy atom. The van der Waals surface area contributed by atoms with E-state index in [9.17, 15) is 9.59 Å². The Kier molecular flexibility index (Phi) is 3.25. The molecule has 19 heavy (non-hydrogen) atoms. The van der Waals surface area contributed by atoms with Crippen molar-refractivity contribution >= 4 is 23.3 Å². The van der Waals surface area contributed by atoms with Gasteiger partial charge in [0.2, 0.25) is 0 Å². The summed E-state index contributed by atoms with van der Waals surface area (Å²) in [5.41, 5.74) is 1.57. The van der Waals surface area contributed by atoms with Gasteiger partial charge in [0.05, 0.1) is 12.8 Å². The number of amides is 1. The third-order valence-corrected chi connectivity index (χ3v) is 3.00. The predicted octanol–water partition coefficient (Wildman–Crippen LogP) is 1.43. The van der Waals surface area contributed by atoms with Gasteiger partial charge in [-0.25, -0.2) is 0 Å². The number of carbonyl (C=O) groups is 2. The Balaban J connectivity index is 2.48. The second-order valence-electron chi connectivity index (χ2n) is 4.29. The molecule has 6 heteroatoms. The molecule has 0 fully saturated rings. The van der Waals surface area contributed by atoms with Gasteiger partial charge in [0.25, 0.3) is 5.91 Å². The lowest BCUT2D eigenvalue weighted by Gasteiger charge is -2.17. The smallest absolute Gasteiger partial charge is 0.322 e. The van der Waals surface area contributed by atoms with Gasteiger partial charge in [0, 0.05) is 0 Å². The molecule has 1 aliphatic rings. The molecule has 1 heterocycles. The number of hydrogen-bond donors (Lipinski definition) is 1. The molecule has 1 atom stereocenters. The average molecular weight is 262 g/mol. The van der Waals surface area contributed by atoms with E-state index in [4.69, 9.17) is 9.84 Å². The molecule has 0 radical (unpaired) electrons. The number of para-hydroxylation sites is 1. The van der Waals surface area contributed by atoms with E-state index in [2.05, 4.69) is 5.10 Å². The highest BCUT2D eigenvalue weighted by molar-refractivity contribution is 6.25. The first kappa shape index (κ1) is 13.1. The van der Waals surface area contributed by atoms with Gasteiger partial charge < -0.3 is 9.84 Å². The van der Waals surface area contributed by atoms with Gasteiger partial charge in [-0.2, -0.15) is 10.1 Å². The number of hydrazone groups is 1. The molecule has 1 aromatic carbocycles. The Labute approximate surface area is 110 Å². The van der Waals surface area contributed by atoms with E-state index in [-0.39, 0.29) is 5.71 Å². The number of carboxylic acids is 1. The van der Waals surface area contributed by atoms with Gasteiger partial charge >= 0.3 is 5.97 Å². The molecule has 1 N–H and O–H groups in total. The van der Waals surface area contributed by atoms with E-state index in [1.165, 1.54) is 14.0 Å². The largest absolute Gasteiger partial charge is 0.494 e. The summed E-state index contributed by atoms with van der Waals surface area (Å²) in [5.74, 6) is -2.47. The number of aryl methyl sites for hydroxylation is 1. The van der Waals surface area contributed by atoms with Crippen LogP contribution in [0.2, 0.25) is 0 Å². The maximum atomic E-state index is 12.1. The molecule has 0 aromatic heterocycles. The summed E-state index contributed by atoms with van der Waals surface area (Å²) in [6.07, 6.45) is 0. The molecule has 1 unspecified atom stereocenters. The maximum absolute atomic E-state index is 12.1. The fourth-order valence-electron chi connectivity index (χ4n) is 2.09. The van der Waals surface area contributed by atoms with Crippen molar-refractivity contribution in [2.75, 3.05) is 12.1 Å². The van der Waals surface area contributed by atoms with E-state index in [0.29, 0.717) is 11.4 Å². The molecule has 100 valence electrons. The van der Waals surface area contributed by atoms with E-state index < -0.39 is 17.8 Å². The van der Waals surface area contributed by atoms with Crippen LogP contribution in [0, 0.1) is 12.8 Å². The van der Waals surface area contributed by atoms with Crippen LogP contribution >= 0.6 is 0 Å². The third kappa shape index (κ3) is 2.05. The van der Waals surface area contributed by atoms with E-state index >= 15 is 0 Å². The minimum Gasteiger partial charge on any atom is -0.494 e. The quantitative estimate of drug-likeness (QED) is 0.836. The Bertz CT molecular complexity index is 580. The molecule has 0 bridgehead atoms. The number of nitrogens with zero attached hydrogens (tertiary/aromatic N) is 2. The van der Waals surface area contributed by atoms with Gasteiger partial charge in [-0.3, -0.25) is 9.59 Å². The highest BCUT2D eigenvalue weighted by Crippen LogP contribution is 2.34. The average Bonchev–Trinajstić information content (AvgIpc) is 2.64. The SMILES string of the molecule is COc1c(C)cccc1N1N=C(C)C(C(=O)O)C1=O. The molecular weight excluding hydrogens is 248 g/mol. The van der Waals surface area contributed by atoms with Crippen molar-refractivity contribution in [3.05, 3.63) is 23.8 Å². The number of aliphatic carboxylic acids is 1. The zero-order valence-corrected chi connectivity index (χ0v) is 10.9. The summed E-state index contributed by atoms with van der Waals surface area (Å²) in [6, 6.07) is 5.28. The van der Waals surface area contributed by atoms with Gasteiger partial charge in [-0.05, 0) is 25.5 Å². The number of carboxylic acid groups (broad SMARTS) is 1. The van der Waals surface area contributed by atoms with Gasteiger partial charge in [0.15, 0.2) is 5.92 Å². The topological polar surface area (TPSA) is 79.2 Å². The van der Waals surface area contributed by atoms with E-state index in [0.717, 1.165) is 10.6 Å². The van der Waals surface area contributed by atoms with Crippen molar-refractivity contribution in [1.29, 1.82) is 0 Å². The van der Waals surface area contributed by atoms with Crippen LogP contribution in [0.5, 0.6) is 5.75 Å². The first-order valence-electron chi connectivity index (χ1n) is 5.73. The standard InChI is InChI=1S/C13H14N2O4/c1-7-5-4-6-9(11(7)19-3)15-12(16)10(13(17)18)8(2)14-15/h4-6,10H,1-3H3,(H,17,18). The highest BCUT2D eigenvalue weighted by atomic mass is 16.5. The summed E-state index contributed by atoms with van der Waals surface area (Å²) in [6.45, 7) is 3.37. The molecule has 6 nitrogen and oxygen atoms in total. The number of ether oxygens (including phenoxy) is 1. The van der Waals surface area contributed by atoms with Crippen LogP contribution < -0.4 is 9.75 Å². The second kappa shape index (κ2) is 4.72. The van der Waals surface area contributed by atoms with Crippen molar-refractivity contribution in [1.82, 2.24) is 0 Å². The monoisotopic (exact) mass is 262 g/mol. The van der Waals surface area contributed by atoms with Gasteiger partial charge in [-0.1, -0.05) is 12.1 Å². The lowest BCUT2D eigenvalue weighted by Crippen LogP contribution is -2.32. The molecular formula is C13H14N2O4. The molecule has 0 aliphatic carbocycles. The molecule has 1 aromatic rings. The minimum absolute atomic E-state index is 0.265. The predicted molar refractivity (Wildman–Crippen MR) is 69.5 cm³/mol. The number of hydrogen-bond acceptors (Lipinski definition) is 4. The third-order valence-electron chi connectivity index (χ3n) is 3.00. The van der Waals surface area contributed by atoms with Gasteiger partial charge in [0.1, 0.15) is 11.4 Å². The van der Waals surface area contributed by atoms with Crippen LogP contribution in [0.3, 0.4) is 0 Å². The van der Waals surface area contributed by atoms with Crippen LogP contribution in [-0.2, 0) is 9.59 Å². The molecule has 1 amide bonds. The Hall–Kier alpha value is -2.37. The van der Waals surface area contributed by atoms with E-state index in [1.807, 2.05) is 13.0 Å². The van der Waals surface area contributed by atoms with Crippen molar-refractivity contribution < 1.29 is 19.4 Å². The molecule has 0 spiro atoms. The summed E-state index contributed by atoms with van der Waals surface area (Å²) in [5, 5.41) is 14.2. The number of methoxy groups -OCH3 is 1. The fraction of sp³-hybridized carbons (Fsp3) is 0.308. The maximum Gasteiger partial charge on any atom is 0.322 e. The molecule has 2 rings (SSSR count). The zero-order valence-electron chi connectivity index (χ0n) is 10.9. The zero-order chi connectivity index (χ0) is 14.2. The normalized spacial score (nSPS) is 18.5. The number of rotatable bonds is 3. The lowest BCUT2D eigenvalue weighted by atomic mass is 10.1. The van der Waals surface area contributed by atoms with Crippen molar-refractivity contribution in [2.24, 2.45) is 11.0 Å². The Morgan fingerprint density at radius 1 is 1.42 bits per heavy atom. The summed E-state index contributed by atoms with van der Waals surface area (Å²) >= 11 is 0. The molecule has 1 aliphatic heterocycles. The number of carbonyl (C=O) groups excluding carboxylic acids is 1. The van der Waals surface area contributed by atoms with Gasteiger partial charge in [-0.15, -0.1) is 0 Å². The first-order chi connectivity index (χ1) is 8.97. The highest BCUT2D eigenvalue weighted by Gasteiger charge is 2.40. The Morgan fingerprint density at radius 2 is 2.11 bits per heavy atom. The lowest BCUT2D eigenvalue weighted by molar-refractivity contribution is -0.142. The minimum atomic E-state index is -1.22. The van der Waals surface area contributed by atoms with Crippen LogP contribution in [0.4, 0.5) is 5.69 Å². The second-order valence-corrected chi connectivity index (χ2v) is 4.29. The van der Waals surface area contributed by atoms with Crippen LogP contribution in [0.25, 0.3) is 0 Å². The molecule has 0 saturated carbocycles. The fourth-order valence-corrected chi connectivity index (χ4v) is 2.09. The van der Waals surface area contributed by atoms with Crippen LogP contribution in [0.1, 0.15) is 12.5 Å². The summed E-state index contributed by atoms with van der Waals surface area (Å²) in [7, 11) is 1.50. The number of benzene rings is 1. The van der Waals surface area contributed by atoms with Crippen molar-refractivity contribution in [3.8, 4) is 5.75 Å². The first-order valence-corrected chi connectivity index (χ1v) is 5.73. The summed E-state index contributed by atoms with van der Waals surface area (Å²) < 4.78 is 5.26. The molecule has 0 saturated heterocycles.